The number of rotatable bonds is 4. The molecule has 1 aromatic rings. The highest BCUT2D eigenvalue weighted by atomic mass is 14.9. The molecule has 1 aliphatic carbocycles. The number of nitrogens with one attached hydrogen (secondary N) is 1. The van der Waals surface area contributed by atoms with E-state index in [1.165, 1.54) is 18.4 Å². The van der Waals surface area contributed by atoms with Crippen LogP contribution in [-0.2, 0) is 0 Å². The summed E-state index contributed by atoms with van der Waals surface area (Å²) in [6.45, 7) is 7.37. The molecule has 1 aromatic heterocycles. The van der Waals surface area contributed by atoms with Crippen molar-refractivity contribution < 1.29 is 0 Å². The van der Waals surface area contributed by atoms with Crippen molar-refractivity contribution in [2.45, 2.75) is 39.7 Å². The van der Waals surface area contributed by atoms with Crippen LogP contribution in [0.3, 0.4) is 0 Å². The largest absolute Gasteiger partial charge is 0.310 e. The van der Waals surface area contributed by atoms with Gasteiger partial charge in [0.25, 0.3) is 0 Å². The Labute approximate surface area is 92.1 Å². The quantitative estimate of drug-likeness (QED) is 0.815. The Morgan fingerprint density at radius 1 is 1.33 bits per heavy atom. The first-order chi connectivity index (χ1) is 7.20. The summed E-state index contributed by atoms with van der Waals surface area (Å²) < 4.78 is 0. The molecule has 1 heterocycles. The van der Waals surface area contributed by atoms with Crippen molar-refractivity contribution in [2.75, 3.05) is 6.54 Å². The van der Waals surface area contributed by atoms with E-state index in [0.29, 0.717) is 6.04 Å². The van der Waals surface area contributed by atoms with Crippen molar-refractivity contribution >= 4 is 0 Å². The van der Waals surface area contributed by atoms with Gasteiger partial charge in [-0.3, -0.25) is 4.98 Å². The van der Waals surface area contributed by atoms with Crippen LogP contribution in [0.15, 0.2) is 12.1 Å². The maximum Gasteiger partial charge on any atom is 0.0379 e. The second-order valence-corrected chi connectivity index (χ2v) is 4.56. The first-order valence-electron chi connectivity index (χ1n) is 5.89. The monoisotopic (exact) mass is 204 g/mol. The van der Waals surface area contributed by atoms with E-state index in [4.69, 9.17) is 0 Å². The second-order valence-electron chi connectivity index (χ2n) is 4.56. The fourth-order valence-electron chi connectivity index (χ4n) is 2.25. The molecule has 0 spiro atoms. The maximum atomic E-state index is 4.43. The first-order valence-corrected chi connectivity index (χ1v) is 5.89. The van der Waals surface area contributed by atoms with Gasteiger partial charge in [0.05, 0.1) is 0 Å². The SMILES string of the molecule is CCNC(c1cc(C)nc(C)c1)C1CC1. The predicted octanol–water partition coefficient (Wildman–Crippen LogP) is 2.76. The van der Waals surface area contributed by atoms with E-state index in [9.17, 15) is 0 Å². The zero-order valence-corrected chi connectivity index (χ0v) is 9.88. The predicted molar refractivity (Wildman–Crippen MR) is 62.9 cm³/mol. The van der Waals surface area contributed by atoms with Gasteiger partial charge >= 0.3 is 0 Å². The van der Waals surface area contributed by atoms with Gasteiger partial charge in [-0.05, 0) is 56.8 Å². The van der Waals surface area contributed by atoms with Gasteiger partial charge in [0.1, 0.15) is 0 Å². The maximum absolute atomic E-state index is 4.43. The second kappa shape index (κ2) is 4.31. The van der Waals surface area contributed by atoms with E-state index in [1.807, 2.05) is 0 Å². The minimum atomic E-state index is 0.551. The number of pyridine rings is 1. The normalized spacial score (nSPS) is 17.8. The van der Waals surface area contributed by atoms with Gasteiger partial charge < -0.3 is 5.32 Å². The molecular formula is C13H20N2. The van der Waals surface area contributed by atoms with Gasteiger partial charge in [0.2, 0.25) is 0 Å². The van der Waals surface area contributed by atoms with Gasteiger partial charge in [-0.2, -0.15) is 0 Å². The Bertz CT molecular complexity index is 322. The molecule has 1 unspecified atom stereocenters. The average molecular weight is 204 g/mol. The molecule has 15 heavy (non-hydrogen) atoms. The molecule has 1 atom stereocenters. The summed E-state index contributed by atoms with van der Waals surface area (Å²) in [6, 6.07) is 4.99. The highest BCUT2D eigenvalue weighted by Gasteiger charge is 2.31. The molecule has 82 valence electrons. The van der Waals surface area contributed by atoms with E-state index >= 15 is 0 Å². The summed E-state index contributed by atoms with van der Waals surface area (Å²) in [4.78, 5) is 4.43. The van der Waals surface area contributed by atoms with Crippen LogP contribution in [0.25, 0.3) is 0 Å². The molecule has 2 heteroatoms. The zero-order valence-electron chi connectivity index (χ0n) is 9.88. The van der Waals surface area contributed by atoms with Gasteiger partial charge in [-0.25, -0.2) is 0 Å². The van der Waals surface area contributed by atoms with E-state index in [-0.39, 0.29) is 0 Å². The van der Waals surface area contributed by atoms with Crippen LogP contribution >= 0.6 is 0 Å². The Kier molecular flexibility index (Phi) is 3.06. The lowest BCUT2D eigenvalue weighted by atomic mass is 10.0. The van der Waals surface area contributed by atoms with E-state index in [2.05, 4.69) is 43.2 Å². The number of hydrogen-bond acceptors (Lipinski definition) is 2. The molecular weight excluding hydrogens is 184 g/mol. The Hall–Kier alpha value is -0.890. The highest BCUT2D eigenvalue weighted by Crippen LogP contribution is 2.41. The molecule has 2 nitrogen and oxygen atoms in total. The number of aryl methyl sites for hydroxylation is 2. The summed E-state index contributed by atoms with van der Waals surface area (Å²) in [5.41, 5.74) is 3.69. The summed E-state index contributed by atoms with van der Waals surface area (Å²) in [6.07, 6.45) is 2.75. The first kappa shape index (κ1) is 10.6. The van der Waals surface area contributed by atoms with Crippen LogP contribution in [-0.4, -0.2) is 11.5 Å². The summed E-state index contributed by atoms with van der Waals surface area (Å²) >= 11 is 0. The minimum absolute atomic E-state index is 0.551. The third kappa shape index (κ3) is 2.57. The molecule has 1 aliphatic rings. The van der Waals surface area contributed by atoms with E-state index in [0.717, 1.165) is 23.9 Å². The molecule has 0 aliphatic heterocycles. The molecule has 0 saturated heterocycles. The van der Waals surface area contributed by atoms with Crippen molar-refractivity contribution in [3.63, 3.8) is 0 Å². The topological polar surface area (TPSA) is 24.9 Å². The number of hydrogen-bond donors (Lipinski definition) is 1. The van der Waals surface area contributed by atoms with Crippen LogP contribution in [0, 0.1) is 19.8 Å². The van der Waals surface area contributed by atoms with Crippen molar-refractivity contribution in [3.05, 3.63) is 29.1 Å². The van der Waals surface area contributed by atoms with E-state index < -0.39 is 0 Å². The molecule has 0 aromatic carbocycles. The highest BCUT2D eigenvalue weighted by molar-refractivity contribution is 5.25. The fraction of sp³-hybridized carbons (Fsp3) is 0.615. The molecule has 2 rings (SSSR count). The lowest BCUT2D eigenvalue weighted by Gasteiger charge is -2.18. The number of aromatic nitrogens is 1. The molecule has 1 N–H and O–H groups in total. The Morgan fingerprint density at radius 3 is 2.40 bits per heavy atom. The standard InChI is InChI=1S/C13H20N2/c1-4-14-13(11-5-6-11)12-7-9(2)15-10(3)8-12/h7-8,11,13-14H,4-6H2,1-3H3. The van der Waals surface area contributed by atoms with Crippen LogP contribution in [0.1, 0.15) is 42.8 Å². The number of nitrogens with zero attached hydrogens (tertiary/aromatic N) is 1. The third-order valence-corrected chi connectivity index (χ3v) is 2.98. The van der Waals surface area contributed by atoms with Crippen LogP contribution in [0.2, 0.25) is 0 Å². The van der Waals surface area contributed by atoms with Crippen molar-refractivity contribution in [1.82, 2.24) is 10.3 Å². The lowest BCUT2D eigenvalue weighted by Crippen LogP contribution is -2.22. The Morgan fingerprint density at radius 2 is 1.93 bits per heavy atom. The molecule has 1 fully saturated rings. The van der Waals surface area contributed by atoms with Crippen LogP contribution in [0.5, 0.6) is 0 Å². The molecule has 0 amide bonds. The van der Waals surface area contributed by atoms with E-state index in [1.54, 1.807) is 0 Å². The van der Waals surface area contributed by atoms with Crippen molar-refractivity contribution in [3.8, 4) is 0 Å². The molecule has 0 bridgehead atoms. The van der Waals surface area contributed by atoms with Crippen LogP contribution in [0.4, 0.5) is 0 Å². The van der Waals surface area contributed by atoms with Crippen molar-refractivity contribution in [2.24, 2.45) is 5.92 Å². The van der Waals surface area contributed by atoms with Gasteiger partial charge in [0.15, 0.2) is 0 Å². The summed E-state index contributed by atoms with van der Waals surface area (Å²) in [5, 5.41) is 3.59. The summed E-state index contributed by atoms with van der Waals surface area (Å²) in [7, 11) is 0. The fourth-order valence-corrected chi connectivity index (χ4v) is 2.25. The van der Waals surface area contributed by atoms with Crippen LogP contribution < -0.4 is 5.32 Å². The van der Waals surface area contributed by atoms with Gasteiger partial charge in [0, 0.05) is 17.4 Å². The Balaban J connectivity index is 2.24. The summed E-state index contributed by atoms with van der Waals surface area (Å²) in [5.74, 6) is 0.853. The molecule has 0 radical (unpaired) electrons. The molecule has 1 saturated carbocycles. The minimum Gasteiger partial charge on any atom is -0.310 e. The zero-order chi connectivity index (χ0) is 10.8. The van der Waals surface area contributed by atoms with Crippen molar-refractivity contribution in [1.29, 1.82) is 0 Å². The smallest absolute Gasteiger partial charge is 0.0379 e. The third-order valence-electron chi connectivity index (χ3n) is 2.98. The van der Waals surface area contributed by atoms with Gasteiger partial charge in [-0.15, -0.1) is 0 Å². The lowest BCUT2D eigenvalue weighted by molar-refractivity contribution is 0.495. The van der Waals surface area contributed by atoms with Gasteiger partial charge in [-0.1, -0.05) is 6.92 Å². The average Bonchev–Trinajstić information content (AvgIpc) is 2.95.